The molecule has 0 aliphatic carbocycles. The molecule has 0 amide bonds. The maximum Gasteiger partial charge on any atom is 0.115 e. The van der Waals surface area contributed by atoms with Crippen molar-refractivity contribution in [1.82, 2.24) is 9.97 Å². The van der Waals surface area contributed by atoms with Crippen LogP contribution in [0.2, 0.25) is 0 Å². The lowest BCUT2D eigenvalue weighted by Crippen LogP contribution is -2.03. The van der Waals surface area contributed by atoms with E-state index in [4.69, 9.17) is 0 Å². The van der Waals surface area contributed by atoms with Gasteiger partial charge in [0.15, 0.2) is 0 Å². The molecule has 0 saturated heterocycles. The van der Waals surface area contributed by atoms with E-state index in [9.17, 15) is 0 Å². The Morgan fingerprint density at radius 1 is 1.58 bits per heavy atom. The Kier molecular flexibility index (Phi) is 4.22. The van der Waals surface area contributed by atoms with Gasteiger partial charge in [-0.1, -0.05) is 29.3 Å². The van der Waals surface area contributed by atoms with E-state index >= 15 is 0 Å². The van der Waals surface area contributed by atoms with E-state index in [0.29, 0.717) is 4.83 Å². The van der Waals surface area contributed by atoms with Crippen LogP contribution in [0.15, 0.2) is 18.6 Å². The Morgan fingerprint density at radius 3 is 3.00 bits per heavy atom. The fraction of sp³-hybridized carbons (Fsp3) is 0.556. The van der Waals surface area contributed by atoms with Crippen LogP contribution in [0.4, 0.5) is 0 Å². The predicted octanol–water partition coefficient (Wildman–Crippen LogP) is 2.58. The van der Waals surface area contributed by atoms with Crippen molar-refractivity contribution in [2.75, 3.05) is 0 Å². The summed E-state index contributed by atoms with van der Waals surface area (Å²) in [5, 5.41) is 0. The molecule has 0 aliphatic heterocycles. The fourth-order valence-electron chi connectivity index (χ4n) is 1.08. The van der Waals surface area contributed by atoms with Gasteiger partial charge in [0, 0.05) is 23.1 Å². The van der Waals surface area contributed by atoms with Crippen LogP contribution in [0.1, 0.15) is 25.5 Å². The van der Waals surface area contributed by atoms with E-state index in [-0.39, 0.29) is 0 Å². The molecule has 0 radical (unpaired) electrons. The first-order valence-corrected chi connectivity index (χ1v) is 5.13. The van der Waals surface area contributed by atoms with Gasteiger partial charge >= 0.3 is 0 Å². The van der Waals surface area contributed by atoms with Crippen LogP contribution in [0.5, 0.6) is 0 Å². The minimum atomic E-state index is 0.553. The highest BCUT2D eigenvalue weighted by Gasteiger charge is 2.03. The molecule has 1 heterocycles. The first-order chi connectivity index (χ1) is 5.83. The molecule has 0 fully saturated rings. The summed E-state index contributed by atoms with van der Waals surface area (Å²) in [4.78, 5) is 8.59. The Hall–Kier alpha value is -0.440. The van der Waals surface area contributed by atoms with Gasteiger partial charge in [-0.25, -0.2) is 9.97 Å². The smallest absolute Gasteiger partial charge is 0.115 e. The lowest BCUT2D eigenvalue weighted by atomic mass is 10.1. The molecule has 1 rings (SSSR count). The minimum Gasteiger partial charge on any atom is -0.245 e. The number of hydrogen-bond donors (Lipinski definition) is 0. The van der Waals surface area contributed by atoms with E-state index in [1.807, 2.05) is 6.07 Å². The van der Waals surface area contributed by atoms with Crippen LogP contribution in [0.25, 0.3) is 0 Å². The van der Waals surface area contributed by atoms with Crippen molar-refractivity contribution in [3.63, 3.8) is 0 Å². The van der Waals surface area contributed by atoms with Crippen LogP contribution in [-0.2, 0) is 6.42 Å². The highest BCUT2D eigenvalue weighted by Crippen LogP contribution is 2.12. The maximum atomic E-state index is 4.16. The van der Waals surface area contributed by atoms with E-state index in [1.165, 1.54) is 12.8 Å². The Bertz CT molecular complexity index is 213. The molecule has 0 aliphatic rings. The van der Waals surface area contributed by atoms with E-state index in [2.05, 4.69) is 32.8 Å². The third-order valence-corrected chi connectivity index (χ3v) is 2.46. The minimum absolute atomic E-state index is 0.553. The van der Waals surface area contributed by atoms with Crippen LogP contribution < -0.4 is 0 Å². The van der Waals surface area contributed by atoms with Gasteiger partial charge in [0.2, 0.25) is 0 Å². The van der Waals surface area contributed by atoms with E-state index in [1.54, 1.807) is 12.5 Å². The lowest BCUT2D eigenvalue weighted by Gasteiger charge is -2.06. The molecule has 1 atom stereocenters. The summed E-state index contributed by atoms with van der Waals surface area (Å²) in [7, 11) is 0. The SMILES string of the molecule is CCCC(Br)Cc1ccncn1. The topological polar surface area (TPSA) is 25.8 Å². The van der Waals surface area contributed by atoms with Gasteiger partial charge < -0.3 is 0 Å². The maximum absolute atomic E-state index is 4.16. The number of aromatic nitrogens is 2. The van der Waals surface area contributed by atoms with Crippen molar-refractivity contribution < 1.29 is 0 Å². The van der Waals surface area contributed by atoms with Gasteiger partial charge in [0.05, 0.1) is 0 Å². The fourth-order valence-corrected chi connectivity index (χ4v) is 1.87. The Morgan fingerprint density at radius 2 is 2.42 bits per heavy atom. The van der Waals surface area contributed by atoms with Crippen LogP contribution in [-0.4, -0.2) is 14.8 Å². The second-order valence-electron chi connectivity index (χ2n) is 2.79. The summed E-state index contributed by atoms with van der Waals surface area (Å²) in [5.41, 5.74) is 1.11. The number of rotatable bonds is 4. The molecule has 0 saturated carbocycles. The Labute approximate surface area is 81.6 Å². The highest BCUT2D eigenvalue weighted by atomic mass is 79.9. The van der Waals surface area contributed by atoms with Crippen molar-refractivity contribution in [3.8, 4) is 0 Å². The molecule has 2 nitrogen and oxygen atoms in total. The summed E-state index contributed by atoms with van der Waals surface area (Å²) in [6.07, 6.45) is 6.79. The molecule has 1 aromatic rings. The van der Waals surface area contributed by atoms with Gasteiger partial charge in [-0.2, -0.15) is 0 Å². The van der Waals surface area contributed by atoms with Crippen molar-refractivity contribution in [2.24, 2.45) is 0 Å². The largest absolute Gasteiger partial charge is 0.245 e. The molecule has 0 aromatic carbocycles. The van der Waals surface area contributed by atoms with Crippen LogP contribution >= 0.6 is 15.9 Å². The first kappa shape index (κ1) is 9.65. The summed E-state index contributed by atoms with van der Waals surface area (Å²) in [6.45, 7) is 2.19. The summed E-state index contributed by atoms with van der Waals surface area (Å²) >= 11 is 3.61. The molecule has 12 heavy (non-hydrogen) atoms. The van der Waals surface area contributed by atoms with Gasteiger partial charge in [0.25, 0.3) is 0 Å². The van der Waals surface area contributed by atoms with Gasteiger partial charge in [-0.3, -0.25) is 0 Å². The van der Waals surface area contributed by atoms with Crippen molar-refractivity contribution in [1.29, 1.82) is 0 Å². The van der Waals surface area contributed by atoms with Crippen molar-refractivity contribution in [3.05, 3.63) is 24.3 Å². The van der Waals surface area contributed by atoms with E-state index in [0.717, 1.165) is 12.1 Å². The molecule has 3 heteroatoms. The second-order valence-corrected chi connectivity index (χ2v) is 4.09. The normalized spacial score (nSPS) is 12.8. The molecular formula is C9H13BrN2. The zero-order chi connectivity index (χ0) is 8.81. The van der Waals surface area contributed by atoms with Gasteiger partial charge in [-0.05, 0) is 12.5 Å². The quantitative estimate of drug-likeness (QED) is 0.741. The van der Waals surface area contributed by atoms with Gasteiger partial charge in [0.1, 0.15) is 6.33 Å². The second kappa shape index (κ2) is 5.25. The zero-order valence-corrected chi connectivity index (χ0v) is 8.79. The number of halogens is 1. The first-order valence-electron chi connectivity index (χ1n) is 4.22. The third kappa shape index (κ3) is 3.30. The molecule has 0 spiro atoms. The van der Waals surface area contributed by atoms with Crippen LogP contribution in [0, 0.1) is 0 Å². The summed E-state index contributed by atoms with van der Waals surface area (Å²) in [6, 6.07) is 1.96. The molecule has 1 aromatic heterocycles. The number of alkyl halides is 1. The predicted molar refractivity (Wildman–Crippen MR) is 53.4 cm³/mol. The lowest BCUT2D eigenvalue weighted by molar-refractivity contribution is 0.732. The number of hydrogen-bond acceptors (Lipinski definition) is 2. The average molecular weight is 229 g/mol. The number of nitrogens with zero attached hydrogens (tertiary/aromatic N) is 2. The van der Waals surface area contributed by atoms with E-state index < -0.39 is 0 Å². The summed E-state index contributed by atoms with van der Waals surface area (Å²) < 4.78 is 0. The highest BCUT2D eigenvalue weighted by molar-refractivity contribution is 9.09. The Balaban J connectivity index is 2.41. The molecule has 0 bridgehead atoms. The zero-order valence-electron chi connectivity index (χ0n) is 7.20. The van der Waals surface area contributed by atoms with Crippen molar-refractivity contribution in [2.45, 2.75) is 31.0 Å². The third-order valence-electron chi connectivity index (χ3n) is 1.68. The molecule has 66 valence electrons. The molecule has 0 N–H and O–H groups in total. The summed E-state index contributed by atoms with van der Waals surface area (Å²) in [5.74, 6) is 0. The monoisotopic (exact) mass is 228 g/mol. The van der Waals surface area contributed by atoms with Crippen LogP contribution in [0.3, 0.4) is 0 Å². The molecular weight excluding hydrogens is 216 g/mol. The van der Waals surface area contributed by atoms with Gasteiger partial charge in [-0.15, -0.1) is 0 Å². The van der Waals surface area contributed by atoms with Crippen molar-refractivity contribution >= 4 is 15.9 Å². The average Bonchev–Trinajstić information content (AvgIpc) is 2.06. The standard InChI is InChI=1S/C9H13BrN2/c1-2-3-8(10)6-9-4-5-11-7-12-9/h4-5,7-8H,2-3,6H2,1H3. The molecule has 1 unspecified atom stereocenters.